The highest BCUT2D eigenvalue weighted by atomic mass is 32.1. The van der Waals surface area contributed by atoms with Gasteiger partial charge in [-0.05, 0) is 79.7 Å². The molecule has 5 heteroatoms. The van der Waals surface area contributed by atoms with E-state index < -0.39 is 6.10 Å². The number of ketones is 1. The van der Waals surface area contributed by atoms with Crippen molar-refractivity contribution < 1.29 is 19.7 Å². The van der Waals surface area contributed by atoms with E-state index in [1.165, 1.54) is 16.0 Å². The molecule has 164 valence electrons. The average Bonchev–Trinajstić information content (AvgIpc) is 3.00. The smallest absolute Gasteiger partial charge is 0.173 e. The number of hydrogen-bond acceptors (Lipinski definition) is 5. The van der Waals surface area contributed by atoms with Gasteiger partial charge in [0.15, 0.2) is 5.78 Å². The molecule has 3 rings (SSSR count). The molecule has 4 nitrogen and oxygen atoms in total. The van der Waals surface area contributed by atoms with Crippen molar-refractivity contribution in [3.8, 4) is 5.75 Å². The Bertz CT molecular complexity index is 902. The van der Waals surface area contributed by atoms with Crippen LogP contribution in [0.3, 0.4) is 0 Å². The molecule has 0 saturated heterocycles. The van der Waals surface area contributed by atoms with Crippen LogP contribution in [0.25, 0.3) is 0 Å². The maximum absolute atomic E-state index is 13.0. The van der Waals surface area contributed by atoms with Crippen LogP contribution in [0.15, 0.2) is 12.1 Å². The van der Waals surface area contributed by atoms with Gasteiger partial charge in [-0.25, -0.2) is 0 Å². The van der Waals surface area contributed by atoms with Gasteiger partial charge in [0.05, 0.1) is 11.5 Å². The average molecular weight is 431 g/mol. The van der Waals surface area contributed by atoms with Crippen LogP contribution < -0.4 is 4.74 Å². The van der Waals surface area contributed by atoms with E-state index in [2.05, 4.69) is 32.9 Å². The molecule has 30 heavy (non-hydrogen) atoms. The number of fused-ring (bicyclic) bond motifs is 1. The van der Waals surface area contributed by atoms with Crippen molar-refractivity contribution in [3.63, 3.8) is 0 Å². The quantitative estimate of drug-likeness (QED) is 0.594. The molecule has 1 atom stereocenters. The zero-order valence-electron chi connectivity index (χ0n) is 18.8. The fourth-order valence-electron chi connectivity index (χ4n) is 4.39. The summed E-state index contributed by atoms with van der Waals surface area (Å²) in [5, 5.41) is 18.5. The number of ether oxygens (including phenoxy) is 1. The van der Waals surface area contributed by atoms with Crippen LogP contribution in [0.4, 0.5) is 0 Å². The van der Waals surface area contributed by atoms with E-state index in [0.717, 1.165) is 46.6 Å². The first-order valence-corrected chi connectivity index (χ1v) is 11.6. The number of Topliss-reactive ketones (excluding diaryl/α,β-unsaturated/α-hetero) is 1. The topological polar surface area (TPSA) is 66.8 Å². The SMILES string of the molecule is Cc1cc(CCC(=O)c2sc(C)c3c2CCC(C)(C)C3)cc(C)c1OC[C@H](O)CO. The number of thiophene rings is 1. The monoisotopic (exact) mass is 430 g/mol. The highest BCUT2D eigenvalue weighted by molar-refractivity contribution is 7.14. The van der Waals surface area contributed by atoms with E-state index in [4.69, 9.17) is 9.84 Å². The molecule has 2 N–H and O–H groups in total. The van der Waals surface area contributed by atoms with E-state index in [1.54, 1.807) is 11.3 Å². The Morgan fingerprint density at radius 2 is 1.87 bits per heavy atom. The van der Waals surface area contributed by atoms with E-state index in [9.17, 15) is 9.90 Å². The predicted molar refractivity (Wildman–Crippen MR) is 122 cm³/mol. The molecule has 1 aliphatic rings. The fraction of sp³-hybridized carbons (Fsp3) is 0.560. The number of rotatable bonds is 8. The Morgan fingerprint density at radius 1 is 1.20 bits per heavy atom. The number of aliphatic hydroxyl groups is 2. The second kappa shape index (κ2) is 9.21. The van der Waals surface area contributed by atoms with Crippen molar-refractivity contribution in [1.29, 1.82) is 0 Å². The molecule has 1 aromatic carbocycles. The van der Waals surface area contributed by atoms with Gasteiger partial charge in [0.1, 0.15) is 18.5 Å². The second-order valence-electron chi connectivity index (χ2n) is 9.41. The minimum Gasteiger partial charge on any atom is -0.490 e. The Balaban J connectivity index is 1.68. The Labute approximate surface area is 183 Å². The molecule has 0 saturated carbocycles. The maximum atomic E-state index is 13.0. The number of hydrogen-bond donors (Lipinski definition) is 2. The zero-order valence-corrected chi connectivity index (χ0v) is 19.6. The van der Waals surface area contributed by atoms with Crippen molar-refractivity contribution >= 4 is 17.1 Å². The van der Waals surface area contributed by atoms with Gasteiger partial charge in [-0.3, -0.25) is 4.79 Å². The van der Waals surface area contributed by atoms with Crippen LogP contribution in [0.1, 0.15) is 69.1 Å². The van der Waals surface area contributed by atoms with Gasteiger partial charge in [-0.1, -0.05) is 26.0 Å². The van der Waals surface area contributed by atoms with Gasteiger partial charge < -0.3 is 14.9 Å². The molecular formula is C25H34O4S. The van der Waals surface area contributed by atoms with Gasteiger partial charge in [0.25, 0.3) is 0 Å². The molecule has 0 fully saturated rings. The Hall–Kier alpha value is -1.69. The van der Waals surface area contributed by atoms with Crippen LogP contribution in [0.5, 0.6) is 5.75 Å². The minimum absolute atomic E-state index is 0.0651. The standard InChI is InChI=1S/C25H34O4S/c1-15-10-18(11-16(2)23(15)29-14-19(27)13-26)6-7-22(28)24-20-8-9-25(4,5)12-21(20)17(3)30-24/h10-11,19,26-27H,6-9,12-14H2,1-5H3/t19-/m1/s1. The summed E-state index contributed by atoms with van der Waals surface area (Å²) in [5.41, 5.74) is 6.13. The maximum Gasteiger partial charge on any atom is 0.173 e. The molecule has 0 aliphatic heterocycles. The summed E-state index contributed by atoms with van der Waals surface area (Å²) in [5.74, 6) is 0.994. The minimum atomic E-state index is -0.883. The lowest BCUT2D eigenvalue weighted by atomic mass is 9.74. The highest BCUT2D eigenvalue weighted by Crippen LogP contribution is 2.41. The van der Waals surface area contributed by atoms with Gasteiger partial charge in [-0.2, -0.15) is 0 Å². The molecule has 1 aliphatic carbocycles. The van der Waals surface area contributed by atoms with E-state index in [0.29, 0.717) is 18.3 Å². The number of benzene rings is 1. The molecule has 0 radical (unpaired) electrons. The first kappa shape index (κ1) is 23.0. The number of aryl methyl sites for hydroxylation is 4. The summed E-state index contributed by atoms with van der Waals surface area (Å²) in [4.78, 5) is 15.3. The molecule has 0 spiro atoms. The summed E-state index contributed by atoms with van der Waals surface area (Å²) in [7, 11) is 0. The largest absolute Gasteiger partial charge is 0.490 e. The summed E-state index contributed by atoms with van der Waals surface area (Å²) >= 11 is 1.68. The summed E-state index contributed by atoms with van der Waals surface area (Å²) in [6.07, 6.45) is 3.56. The molecule has 1 heterocycles. The lowest BCUT2D eigenvalue weighted by molar-refractivity contribution is 0.0531. The molecular weight excluding hydrogens is 396 g/mol. The van der Waals surface area contributed by atoms with Crippen molar-refractivity contribution in [2.45, 2.75) is 72.8 Å². The third-order valence-corrected chi connectivity index (χ3v) is 7.30. The lowest BCUT2D eigenvalue weighted by Crippen LogP contribution is -2.22. The van der Waals surface area contributed by atoms with Crippen molar-refractivity contribution in [1.82, 2.24) is 0 Å². The molecule has 1 aromatic heterocycles. The Kier molecular flexibility index (Phi) is 7.05. The summed E-state index contributed by atoms with van der Waals surface area (Å²) < 4.78 is 5.68. The lowest BCUT2D eigenvalue weighted by Gasteiger charge is -2.30. The van der Waals surface area contributed by atoms with Crippen LogP contribution in [-0.4, -0.2) is 35.3 Å². The van der Waals surface area contributed by atoms with Gasteiger partial charge in [0.2, 0.25) is 0 Å². The van der Waals surface area contributed by atoms with Crippen molar-refractivity contribution in [3.05, 3.63) is 49.7 Å². The zero-order chi connectivity index (χ0) is 22.1. The van der Waals surface area contributed by atoms with Crippen molar-refractivity contribution in [2.24, 2.45) is 5.41 Å². The summed E-state index contributed by atoms with van der Waals surface area (Å²) in [6.45, 7) is 10.5. The number of aliphatic hydroxyl groups excluding tert-OH is 2. The number of carbonyl (C=O) groups is 1. The van der Waals surface area contributed by atoms with Gasteiger partial charge >= 0.3 is 0 Å². The van der Waals surface area contributed by atoms with Gasteiger partial charge in [0, 0.05) is 11.3 Å². The number of carbonyl (C=O) groups excluding carboxylic acids is 1. The van der Waals surface area contributed by atoms with Gasteiger partial charge in [-0.15, -0.1) is 11.3 Å². The van der Waals surface area contributed by atoms with E-state index in [1.807, 2.05) is 13.8 Å². The van der Waals surface area contributed by atoms with Crippen LogP contribution in [-0.2, 0) is 19.3 Å². The molecule has 2 aromatic rings. The van der Waals surface area contributed by atoms with Crippen LogP contribution in [0.2, 0.25) is 0 Å². The normalized spacial score (nSPS) is 16.2. The van der Waals surface area contributed by atoms with E-state index >= 15 is 0 Å². The highest BCUT2D eigenvalue weighted by Gasteiger charge is 2.31. The second-order valence-corrected chi connectivity index (χ2v) is 10.6. The predicted octanol–water partition coefficient (Wildman–Crippen LogP) is 4.74. The van der Waals surface area contributed by atoms with E-state index in [-0.39, 0.29) is 19.0 Å². The Morgan fingerprint density at radius 3 is 2.50 bits per heavy atom. The molecule has 0 unspecified atom stereocenters. The third-order valence-electron chi connectivity index (χ3n) is 6.07. The molecule has 0 bridgehead atoms. The van der Waals surface area contributed by atoms with Crippen LogP contribution in [0, 0.1) is 26.2 Å². The third kappa shape index (κ3) is 5.13. The summed E-state index contributed by atoms with van der Waals surface area (Å²) in [6, 6.07) is 4.11. The first-order valence-electron chi connectivity index (χ1n) is 10.8. The van der Waals surface area contributed by atoms with Crippen molar-refractivity contribution in [2.75, 3.05) is 13.2 Å². The molecule has 0 amide bonds. The fourth-order valence-corrected chi connectivity index (χ4v) is 5.58. The first-order chi connectivity index (χ1) is 14.1. The van der Waals surface area contributed by atoms with Crippen LogP contribution >= 0.6 is 11.3 Å².